The fourth-order valence-electron chi connectivity index (χ4n) is 2.17. The minimum Gasteiger partial charge on any atom is -0.491 e. The number of rotatable bonds is 8. The largest absolute Gasteiger partial charge is 0.491 e. The van der Waals surface area contributed by atoms with Gasteiger partial charge in [0.05, 0.1) is 26.4 Å². The first kappa shape index (κ1) is 17.9. The quantitative estimate of drug-likeness (QED) is 0.450. The summed E-state index contributed by atoms with van der Waals surface area (Å²) in [4.78, 5) is 7.06. The van der Waals surface area contributed by atoms with Crippen molar-refractivity contribution in [1.29, 1.82) is 0 Å². The predicted molar refractivity (Wildman–Crippen MR) is 89.2 cm³/mol. The Morgan fingerprint density at radius 2 is 1.14 bits per heavy atom. The van der Waals surface area contributed by atoms with Crippen molar-refractivity contribution in [3.05, 3.63) is 34.0 Å². The minimum atomic E-state index is 0.377. The molecule has 0 amide bonds. The monoisotopic (exact) mass is 300 g/mol. The molecule has 0 saturated carbocycles. The van der Waals surface area contributed by atoms with Crippen molar-refractivity contribution in [2.24, 2.45) is 0 Å². The molecule has 0 bridgehead atoms. The molecule has 0 aliphatic rings. The molecule has 118 valence electrons. The van der Waals surface area contributed by atoms with Gasteiger partial charge in [0.2, 0.25) is 11.4 Å². The molecule has 1 aromatic carbocycles. The standard InChI is InChI=1S/C18H24N2O2/c1-7-9-11-21-17-13(3)15(19-5)16(20-6)14(4)18(17)22-12-10-8-2/h7-12H2,1-4H3. The molecule has 0 unspecified atom stereocenters. The van der Waals surface area contributed by atoms with Crippen LogP contribution >= 0.6 is 0 Å². The van der Waals surface area contributed by atoms with Crippen LogP contribution in [0.4, 0.5) is 11.4 Å². The molecule has 0 aromatic heterocycles. The molecule has 22 heavy (non-hydrogen) atoms. The molecule has 0 N–H and O–H groups in total. The van der Waals surface area contributed by atoms with E-state index in [1.807, 2.05) is 13.8 Å². The third kappa shape index (κ3) is 3.92. The zero-order chi connectivity index (χ0) is 16.5. The van der Waals surface area contributed by atoms with E-state index in [0.717, 1.165) is 25.7 Å². The molecule has 0 spiro atoms. The second-order valence-corrected chi connectivity index (χ2v) is 5.23. The van der Waals surface area contributed by atoms with E-state index < -0.39 is 0 Å². The van der Waals surface area contributed by atoms with Crippen LogP contribution in [0.1, 0.15) is 50.7 Å². The number of unbranched alkanes of at least 4 members (excludes halogenated alkanes) is 2. The molecule has 0 atom stereocenters. The van der Waals surface area contributed by atoms with Gasteiger partial charge in [0, 0.05) is 0 Å². The fraction of sp³-hybridized carbons (Fsp3) is 0.556. The van der Waals surface area contributed by atoms with E-state index in [4.69, 9.17) is 22.6 Å². The van der Waals surface area contributed by atoms with Gasteiger partial charge in [-0.05, 0) is 37.8 Å². The number of nitrogens with zero attached hydrogens (tertiary/aromatic N) is 2. The van der Waals surface area contributed by atoms with Crippen LogP contribution in [0.15, 0.2) is 0 Å². The van der Waals surface area contributed by atoms with Crippen molar-refractivity contribution < 1.29 is 9.47 Å². The van der Waals surface area contributed by atoms with E-state index in [9.17, 15) is 0 Å². The number of hydrogen-bond acceptors (Lipinski definition) is 2. The van der Waals surface area contributed by atoms with Crippen LogP contribution in [0.5, 0.6) is 11.5 Å². The highest BCUT2D eigenvalue weighted by Gasteiger charge is 2.22. The summed E-state index contributed by atoms with van der Waals surface area (Å²) in [6.45, 7) is 23.8. The van der Waals surface area contributed by atoms with Gasteiger partial charge in [-0.15, -0.1) is 0 Å². The SMILES string of the molecule is [C-]#[N+]c1c(C)c(OCCCC)c(OCCCC)c(C)c1[N+]#[C-]. The van der Waals surface area contributed by atoms with E-state index >= 15 is 0 Å². The summed E-state index contributed by atoms with van der Waals surface area (Å²) < 4.78 is 11.8. The summed E-state index contributed by atoms with van der Waals surface area (Å²) >= 11 is 0. The summed E-state index contributed by atoms with van der Waals surface area (Å²) in [5.41, 5.74) is 2.16. The maximum atomic E-state index is 7.36. The molecule has 1 aromatic rings. The molecule has 4 nitrogen and oxygen atoms in total. The molecule has 0 fully saturated rings. The van der Waals surface area contributed by atoms with Crippen LogP contribution in [-0.4, -0.2) is 13.2 Å². The highest BCUT2D eigenvalue weighted by Crippen LogP contribution is 2.48. The van der Waals surface area contributed by atoms with Gasteiger partial charge >= 0.3 is 0 Å². The summed E-state index contributed by atoms with van der Waals surface area (Å²) in [6.07, 6.45) is 3.98. The molecule has 4 heteroatoms. The molecule has 0 heterocycles. The summed E-state index contributed by atoms with van der Waals surface area (Å²) in [5.74, 6) is 1.25. The van der Waals surface area contributed by atoms with Gasteiger partial charge in [-0.3, -0.25) is 0 Å². The van der Waals surface area contributed by atoms with Crippen LogP contribution in [-0.2, 0) is 0 Å². The summed E-state index contributed by atoms with van der Waals surface area (Å²) in [7, 11) is 0. The lowest BCUT2D eigenvalue weighted by molar-refractivity contribution is 0.259. The first-order valence-corrected chi connectivity index (χ1v) is 7.79. The molecular formula is C18H24N2O2. The van der Waals surface area contributed by atoms with Gasteiger partial charge in [0.15, 0.2) is 11.5 Å². The molecule has 0 aliphatic carbocycles. The van der Waals surface area contributed by atoms with Crippen molar-refractivity contribution in [1.82, 2.24) is 0 Å². The van der Waals surface area contributed by atoms with Crippen LogP contribution in [0.3, 0.4) is 0 Å². The Hall–Kier alpha value is -2.20. The topological polar surface area (TPSA) is 27.2 Å². The van der Waals surface area contributed by atoms with Crippen molar-refractivity contribution >= 4 is 11.4 Å². The van der Waals surface area contributed by atoms with Gasteiger partial charge < -0.3 is 9.47 Å². The Bertz CT molecular complexity index is 542. The average Bonchev–Trinajstić information content (AvgIpc) is 2.52. The predicted octanol–water partition coefficient (Wildman–Crippen LogP) is 5.76. The highest BCUT2D eigenvalue weighted by atomic mass is 16.5. The third-order valence-electron chi connectivity index (χ3n) is 3.53. The van der Waals surface area contributed by atoms with E-state index in [0.29, 0.717) is 47.2 Å². The van der Waals surface area contributed by atoms with Crippen molar-refractivity contribution in [2.45, 2.75) is 53.4 Å². The fourth-order valence-corrected chi connectivity index (χ4v) is 2.17. The normalized spacial score (nSPS) is 9.91. The first-order valence-electron chi connectivity index (χ1n) is 7.79. The van der Waals surface area contributed by atoms with Crippen molar-refractivity contribution in [2.75, 3.05) is 13.2 Å². The Balaban J connectivity index is 3.32. The van der Waals surface area contributed by atoms with Crippen LogP contribution < -0.4 is 9.47 Å². The smallest absolute Gasteiger partial charge is 0.201 e. The van der Waals surface area contributed by atoms with Gasteiger partial charge in [0.25, 0.3) is 0 Å². The molecule has 0 radical (unpaired) electrons. The van der Waals surface area contributed by atoms with Crippen molar-refractivity contribution in [3.63, 3.8) is 0 Å². The van der Waals surface area contributed by atoms with Gasteiger partial charge in [-0.25, -0.2) is 9.69 Å². The van der Waals surface area contributed by atoms with Crippen LogP contribution in [0.2, 0.25) is 0 Å². The molecule has 1 rings (SSSR count). The second kappa shape index (κ2) is 8.95. The first-order chi connectivity index (χ1) is 10.6. The number of ether oxygens (including phenoxy) is 2. The Labute approximate surface area is 133 Å². The van der Waals surface area contributed by atoms with Gasteiger partial charge in [0.1, 0.15) is 0 Å². The molecule has 0 aliphatic heterocycles. The van der Waals surface area contributed by atoms with E-state index in [-0.39, 0.29) is 0 Å². The van der Waals surface area contributed by atoms with Gasteiger partial charge in [-0.1, -0.05) is 26.7 Å². The Morgan fingerprint density at radius 3 is 1.41 bits per heavy atom. The number of hydrogen-bond donors (Lipinski definition) is 0. The average molecular weight is 300 g/mol. The lowest BCUT2D eigenvalue weighted by atomic mass is 10.0. The van der Waals surface area contributed by atoms with E-state index in [2.05, 4.69) is 23.5 Å². The zero-order valence-corrected chi connectivity index (χ0v) is 14.0. The maximum absolute atomic E-state index is 7.36. The van der Waals surface area contributed by atoms with Crippen molar-refractivity contribution in [3.8, 4) is 11.5 Å². The Kier molecular flexibility index (Phi) is 7.26. The number of benzene rings is 1. The third-order valence-corrected chi connectivity index (χ3v) is 3.53. The van der Waals surface area contributed by atoms with Crippen LogP contribution in [0, 0.1) is 27.0 Å². The lowest BCUT2D eigenvalue weighted by Gasteiger charge is -2.20. The van der Waals surface area contributed by atoms with Gasteiger partial charge in [-0.2, -0.15) is 0 Å². The van der Waals surface area contributed by atoms with E-state index in [1.165, 1.54) is 0 Å². The zero-order valence-electron chi connectivity index (χ0n) is 14.0. The second-order valence-electron chi connectivity index (χ2n) is 5.23. The minimum absolute atomic E-state index is 0.377. The molecule has 0 saturated heterocycles. The highest BCUT2D eigenvalue weighted by molar-refractivity contribution is 5.83. The maximum Gasteiger partial charge on any atom is 0.201 e. The summed E-state index contributed by atoms with van der Waals surface area (Å²) in [5, 5.41) is 0. The molecular weight excluding hydrogens is 276 g/mol. The Morgan fingerprint density at radius 1 is 0.773 bits per heavy atom. The summed E-state index contributed by atoms with van der Waals surface area (Å²) in [6, 6.07) is 0. The van der Waals surface area contributed by atoms with E-state index in [1.54, 1.807) is 0 Å². The lowest BCUT2D eigenvalue weighted by Crippen LogP contribution is -2.05. The van der Waals surface area contributed by atoms with Crippen LogP contribution in [0.25, 0.3) is 9.69 Å².